The van der Waals surface area contributed by atoms with E-state index in [2.05, 4.69) is 4.90 Å². The lowest BCUT2D eigenvalue weighted by molar-refractivity contribution is -0.139. The SMILES string of the molecule is O=C([C@H]1CCC(=O)N1S(=O)(=O)c1ccccc1)N1CCN(C2CCCCC2)CC1. The molecule has 7 nitrogen and oxygen atoms in total. The molecular weight excluding hydrogens is 390 g/mol. The van der Waals surface area contributed by atoms with Crippen LogP contribution in [-0.4, -0.2) is 72.6 Å². The first kappa shape index (κ1) is 20.3. The second-order valence-electron chi connectivity index (χ2n) is 8.22. The highest BCUT2D eigenvalue weighted by molar-refractivity contribution is 7.89. The average molecular weight is 420 g/mol. The Morgan fingerprint density at radius 3 is 2.21 bits per heavy atom. The summed E-state index contributed by atoms with van der Waals surface area (Å²) in [6.07, 6.45) is 6.68. The van der Waals surface area contributed by atoms with E-state index in [1.807, 2.05) is 0 Å². The van der Waals surface area contributed by atoms with Crippen molar-refractivity contribution in [3.05, 3.63) is 30.3 Å². The van der Waals surface area contributed by atoms with Crippen LogP contribution in [0, 0.1) is 0 Å². The molecule has 0 spiro atoms. The number of carbonyl (C=O) groups excluding carboxylic acids is 2. The van der Waals surface area contributed by atoms with E-state index in [-0.39, 0.29) is 23.6 Å². The van der Waals surface area contributed by atoms with Gasteiger partial charge in [-0.1, -0.05) is 37.5 Å². The maximum absolute atomic E-state index is 13.2. The first-order valence-electron chi connectivity index (χ1n) is 10.6. The maximum Gasteiger partial charge on any atom is 0.267 e. The predicted molar refractivity (Wildman–Crippen MR) is 109 cm³/mol. The van der Waals surface area contributed by atoms with Gasteiger partial charge in [0, 0.05) is 38.6 Å². The van der Waals surface area contributed by atoms with Gasteiger partial charge in [-0.3, -0.25) is 14.5 Å². The zero-order valence-electron chi connectivity index (χ0n) is 16.7. The van der Waals surface area contributed by atoms with Gasteiger partial charge in [0.05, 0.1) is 4.90 Å². The molecule has 1 saturated carbocycles. The number of nitrogens with zero attached hydrogens (tertiary/aromatic N) is 3. The zero-order valence-corrected chi connectivity index (χ0v) is 17.5. The Morgan fingerprint density at radius 1 is 0.897 bits per heavy atom. The van der Waals surface area contributed by atoms with Crippen molar-refractivity contribution in [2.45, 2.75) is 61.9 Å². The van der Waals surface area contributed by atoms with Gasteiger partial charge in [0.2, 0.25) is 11.8 Å². The average Bonchev–Trinajstić information content (AvgIpc) is 3.17. The third-order valence-corrected chi connectivity index (χ3v) is 8.31. The molecular formula is C21H29N3O4S. The number of hydrogen-bond donors (Lipinski definition) is 0. The topological polar surface area (TPSA) is 78.0 Å². The summed E-state index contributed by atoms with van der Waals surface area (Å²) in [5, 5.41) is 0. The van der Waals surface area contributed by atoms with Crippen LogP contribution in [0.2, 0.25) is 0 Å². The molecule has 1 aromatic carbocycles. The van der Waals surface area contributed by atoms with Gasteiger partial charge < -0.3 is 4.90 Å². The number of sulfonamides is 1. The molecule has 4 rings (SSSR count). The summed E-state index contributed by atoms with van der Waals surface area (Å²) >= 11 is 0. The second kappa shape index (κ2) is 8.44. The summed E-state index contributed by atoms with van der Waals surface area (Å²) in [5.41, 5.74) is 0. The molecule has 1 aliphatic carbocycles. The van der Waals surface area contributed by atoms with Crippen molar-refractivity contribution in [2.24, 2.45) is 0 Å². The molecule has 2 heterocycles. The van der Waals surface area contributed by atoms with Crippen LogP contribution >= 0.6 is 0 Å². The quantitative estimate of drug-likeness (QED) is 0.744. The molecule has 158 valence electrons. The Bertz CT molecular complexity index is 844. The summed E-state index contributed by atoms with van der Waals surface area (Å²) < 4.78 is 26.9. The lowest BCUT2D eigenvalue weighted by atomic mass is 9.94. The molecule has 2 amide bonds. The fourth-order valence-corrected chi connectivity index (χ4v) is 6.48. The van der Waals surface area contributed by atoms with E-state index in [0.717, 1.165) is 17.4 Å². The summed E-state index contributed by atoms with van der Waals surface area (Å²) in [5.74, 6) is -0.730. The molecule has 1 aromatic rings. The highest BCUT2D eigenvalue weighted by Gasteiger charge is 2.46. The van der Waals surface area contributed by atoms with Gasteiger partial charge in [-0.15, -0.1) is 0 Å². The molecule has 0 aromatic heterocycles. The number of carbonyl (C=O) groups is 2. The van der Waals surface area contributed by atoms with Gasteiger partial charge in [0.1, 0.15) is 6.04 Å². The maximum atomic E-state index is 13.2. The van der Waals surface area contributed by atoms with Gasteiger partial charge in [0.15, 0.2) is 0 Å². The molecule has 3 fully saturated rings. The number of rotatable bonds is 4. The number of piperazine rings is 1. The van der Waals surface area contributed by atoms with Gasteiger partial charge in [-0.05, 0) is 31.4 Å². The fraction of sp³-hybridized carbons (Fsp3) is 0.619. The van der Waals surface area contributed by atoms with Crippen LogP contribution in [0.25, 0.3) is 0 Å². The van der Waals surface area contributed by atoms with Crippen LogP contribution < -0.4 is 0 Å². The molecule has 8 heteroatoms. The monoisotopic (exact) mass is 419 g/mol. The smallest absolute Gasteiger partial charge is 0.267 e. The molecule has 1 atom stereocenters. The van der Waals surface area contributed by atoms with Crippen molar-refractivity contribution in [2.75, 3.05) is 26.2 Å². The highest BCUT2D eigenvalue weighted by Crippen LogP contribution is 2.29. The fourth-order valence-electron chi connectivity index (χ4n) is 4.86. The summed E-state index contributed by atoms with van der Waals surface area (Å²) in [6.45, 7) is 2.84. The minimum absolute atomic E-state index is 0.0511. The Morgan fingerprint density at radius 2 is 1.55 bits per heavy atom. The molecule has 2 saturated heterocycles. The predicted octanol–water partition coefficient (Wildman–Crippen LogP) is 1.84. The van der Waals surface area contributed by atoms with E-state index in [0.29, 0.717) is 19.1 Å². The molecule has 0 unspecified atom stereocenters. The van der Waals surface area contributed by atoms with Crippen LogP contribution in [0.4, 0.5) is 0 Å². The van der Waals surface area contributed by atoms with Crippen molar-refractivity contribution in [1.29, 1.82) is 0 Å². The van der Waals surface area contributed by atoms with E-state index in [4.69, 9.17) is 0 Å². The van der Waals surface area contributed by atoms with E-state index in [9.17, 15) is 18.0 Å². The molecule has 2 aliphatic heterocycles. The summed E-state index contributed by atoms with van der Waals surface area (Å²) in [4.78, 5) is 29.9. The van der Waals surface area contributed by atoms with E-state index in [1.165, 1.54) is 44.2 Å². The van der Waals surface area contributed by atoms with Crippen LogP contribution in [0.1, 0.15) is 44.9 Å². The number of hydrogen-bond acceptors (Lipinski definition) is 5. The third kappa shape index (κ3) is 4.05. The van der Waals surface area contributed by atoms with Crippen molar-refractivity contribution in [3.63, 3.8) is 0 Å². The zero-order chi connectivity index (χ0) is 20.4. The molecule has 29 heavy (non-hydrogen) atoms. The first-order valence-corrected chi connectivity index (χ1v) is 12.1. The van der Waals surface area contributed by atoms with E-state index < -0.39 is 22.0 Å². The van der Waals surface area contributed by atoms with E-state index in [1.54, 1.807) is 23.1 Å². The molecule has 0 N–H and O–H groups in total. The number of amides is 2. The minimum atomic E-state index is -4.02. The second-order valence-corrected chi connectivity index (χ2v) is 10.0. The summed E-state index contributed by atoms with van der Waals surface area (Å²) in [6, 6.07) is 7.58. The highest BCUT2D eigenvalue weighted by atomic mass is 32.2. The summed E-state index contributed by atoms with van der Waals surface area (Å²) in [7, 11) is -4.02. The van der Waals surface area contributed by atoms with Crippen molar-refractivity contribution >= 4 is 21.8 Å². The van der Waals surface area contributed by atoms with Gasteiger partial charge >= 0.3 is 0 Å². The minimum Gasteiger partial charge on any atom is -0.338 e. The van der Waals surface area contributed by atoms with Crippen molar-refractivity contribution < 1.29 is 18.0 Å². The Labute approximate surface area is 172 Å². The molecule has 3 aliphatic rings. The third-order valence-electron chi connectivity index (χ3n) is 6.46. The van der Waals surface area contributed by atoms with E-state index >= 15 is 0 Å². The molecule has 0 bridgehead atoms. The Kier molecular flexibility index (Phi) is 5.92. The Hall–Kier alpha value is -1.93. The molecule has 0 radical (unpaired) electrons. The van der Waals surface area contributed by atoms with Crippen LogP contribution in [0.5, 0.6) is 0 Å². The largest absolute Gasteiger partial charge is 0.338 e. The van der Waals surface area contributed by atoms with Gasteiger partial charge in [-0.2, -0.15) is 0 Å². The normalized spacial score (nSPS) is 24.8. The van der Waals surface area contributed by atoms with Crippen molar-refractivity contribution in [3.8, 4) is 0 Å². The Balaban J connectivity index is 1.45. The van der Waals surface area contributed by atoms with Crippen LogP contribution in [-0.2, 0) is 19.6 Å². The lowest BCUT2D eigenvalue weighted by Crippen LogP contribution is -2.56. The number of benzene rings is 1. The van der Waals surface area contributed by atoms with Crippen LogP contribution in [0.3, 0.4) is 0 Å². The first-order chi connectivity index (χ1) is 14.0. The van der Waals surface area contributed by atoms with Crippen molar-refractivity contribution in [1.82, 2.24) is 14.1 Å². The lowest BCUT2D eigenvalue weighted by Gasteiger charge is -2.41. The van der Waals surface area contributed by atoms with Crippen LogP contribution in [0.15, 0.2) is 35.2 Å². The standard InChI is InChI=1S/C21H29N3O4S/c25-20-12-11-19(24(20)29(27,28)18-9-5-2-6-10-18)21(26)23-15-13-22(14-16-23)17-7-3-1-4-8-17/h2,5-6,9-10,17,19H,1,3-4,7-8,11-16H2/t19-/m1/s1. The van der Waals surface area contributed by atoms with Gasteiger partial charge in [0.25, 0.3) is 10.0 Å². The van der Waals surface area contributed by atoms with Gasteiger partial charge in [-0.25, -0.2) is 12.7 Å².